The van der Waals surface area contributed by atoms with Gasteiger partial charge in [-0.25, -0.2) is 0 Å². The summed E-state index contributed by atoms with van der Waals surface area (Å²) in [6, 6.07) is 0. The number of carbonyl (C=O) groups excluding carboxylic acids is 2. The highest BCUT2D eigenvalue weighted by atomic mass is 16.1. The van der Waals surface area contributed by atoms with Gasteiger partial charge in [0, 0.05) is 17.3 Å². The van der Waals surface area contributed by atoms with Crippen molar-refractivity contribution in [2.24, 2.45) is 44.3 Å². The van der Waals surface area contributed by atoms with E-state index >= 15 is 0 Å². The Labute approximate surface area is 195 Å². The van der Waals surface area contributed by atoms with E-state index in [1.54, 1.807) is 11.1 Å². The summed E-state index contributed by atoms with van der Waals surface area (Å²) in [5.74, 6) is 1.46. The van der Waals surface area contributed by atoms with Crippen LogP contribution in [0.4, 0.5) is 0 Å². The number of allylic oxidation sites excluding steroid dienone is 4. The van der Waals surface area contributed by atoms with Crippen LogP contribution in [0.15, 0.2) is 23.3 Å². The van der Waals surface area contributed by atoms with Gasteiger partial charge >= 0.3 is 0 Å². The third-order valence-corrected chi connectivity index (χ3v) is 12.3. The van der Waals surface area contributed by atoms with Crippen molar-refractivity contribution in [3.8, 4) is 0 Å². The topological polar surface area (TPSA) is 34.1 Å². The van der Waals surface area contributed by atoms with Gasteiger partial charge in [0.25, 0.3) is 0 Å². The fraction of sp³-hybridized carbons (Fsp3) is 0.800. The zero-order valence-corrected chi connectivity index (χ0v) is 21.6. The first kappa shape index (κ1) is 22.6. The van der Waals surface area contributed by atoms with E-state index in [0.717, 1.165) is 38.5 Å². The van der Waals surface area contributed by atoms with Crippen molar-refractivity contribution in [1.29, 1.82) is 0 Å². The summed E-state index contributed by atoms with van der Waals surface area (Å²) in [5, 5.41) is 0. The lowest BCUT2D eigenvalue weighted by Gasteiger charge is -2.68. The van der Waals surface area contributed by atoms with Gasteiger partial charge in [-0.3, -0.25) is 4.79 Å². The molecule has 7 atom stereocenters. The monoisotopic (exact) mass is 436 g/mol. The first-order valence-electron chi connectivity index (χ1n) is 13.2. The summed E-state index contributed by atoms with van der Waals surface area (Å²) < 4.78 is 0. The lowest BCUT2D eigenvalue weighted by molar-refractivity contribution is -0.167. The van der Waals surface area contributed by atoms with Crippen molar-refractivity contribution in [3.63, 3.8) is 0 Å². The summed E-state index contributed by atoms with van der Waals surface area (Å²) in [7, 11) is 0. The van der Waals surface area contributed by atoms with Gasteiger partial charge < -0.3 is 4.79 Å². The Morgan fingerprint density at radius 2 is 1.59 bits per heavy atom. The van der Waals surface area contributed by atoms with Gasteiger partial charge in [-0.2, -0.15) is 0 Å². The third kappa shape index (κ3) is 2.59. The lowest BCUT2D eigenvalue weighted by Crippen LogP contribution is -2.62. The summed E-state index contributed by atoms with van der Waals surface area (Å²) in [6.07, 6.45) is 16.0. The molecule has 2 nitrogen and oxygen atoms in total. The van der Waals surface area contributed by atoms with E-state index in [9.17, 15) is 9.59 Å². The highest BCUT2D eigenvalue weighted by Crippen LogP contribution is 2.73. The van der Waals surface area contributed by atoms with Crippen LogP contribution in [-0.2, 0) is 9.59 Å². The molecule has 0 aromatic heterocycles. The molecule has 0 aromatic rings. The molecule has 32 heavy (non-hydrogen) atoms. The molecule has 0 heterocycles. The van der Waals surface area contributed by atoms with Crippen molar-refractivity contribution in [1.82, 2.24) is 0 Å². The van der Waals surface area contributed by atoms with Crippen LogP contribution in [0.5, 0.6) is 0 Å². The number of carbonyl (C=O) groups is 2. The molecule has 5 aliphatic rings. The molecule has 176 valence electrons. The number of rotatable bonds is 1. The Kier molecular flexibility index (Phi) is 4.58. The summed E-state index contributed by atoms with van der Waals surface area (Å²) in [4.78, 5) is 24.9. The van der Waals surface area contributed by atoms with Gasteiger partial charge in [-0.05, 0) is 90.4 Å². The zero-order chi connectivity index (χ0) is 23.4. The standard InChI is InChI=1S/C30H44O2/c1-25(2)22-10-13-30(7)23(28(22,5)12-11-24(25)32)9-8-20-21-18-26(3,19-31)14-15-27(21,4)16-17-29(20,30)6/h8-9,19,22-23H,10-18H2,1-7H3/t22-,23+,26-,27+,28-,29+,30+/m0/s1. The van der Waals surface area contributed by atoms with Crippen LogP contribution in [0.2, 0.25) is 0 Å². The highest BCUT2D eigenvalue weighted by Gasteiger charge is 2.66. The second-order valence-electron chi connectivity index (χ2n) is 14.2. The molecular formula is C30H44O2. The molecule has 3 fully saturated rings. The van der Waals surface area contributed by atoms with Gasteiger partial charge in [-0.1, -0.05) is 66.2 Å². The van der Waals surface area contributed by atoms with Crippen LogP contribution in [0, 0.1) is 44.3 Å². The second-order valence-corrected chi connectivity index (χ2v) is 14.2. The molecule has 0 bridgehead atoms. The van der Waals surface area contributed by atoms with Crippen LogP contribution in [0.1, 0.15) is 106 Å². The molecule has 5 rings (SSSR count). The first-order chi connectivity index (χ1) is 14.8. The smallest absolute Gasteiger partial charge is 0.138 e. The maximum Gasteiger partial charge on any atom is 0.138 e. The second kappa shape index (κ2) is 6.48. The van der Waals surface area contributed by atoms with Crippen LogP contribution in [0.3, 0.4) is 0 Å². The number of hydrogen-bond donors (Lipinski definition) is 0. The molecule has 0 unspecified atom stereocenters. The van der Waals surface area contributed by atoms with E-state index < -0.39 is 0 Å². The Morgan fingerprint density at radius 3 is 2.28 bits per heavy atom. The van der Waals surface area contributed by atoms with Crippen molar-refractivity contribution in [2.45, 2.75) is 106 Å². The molecule has 0 amide bonds. The molecule has 0 radical (unpaired) electrons. The van der Waals surface area contributed by atoms with Crippen molar-refractivity contribution < 1.29 is 9.59 Å². The predicted octanol–water partition coefficient (Wildman–Crippen LogP) is 7.48. The minimum Gasteiger partial charge on any atom is -0.303 e. The van der Waals surface area contributed by atoms with Gasteiger partial charge in [0.15, 0.2) is 0 Å². The van der Waals surface area contributed by atoms with Gasteiger partial charge in [0.05, 0.1) is 0 Å². The predicted molar refractivity (Wildman–Crippen MR) is 130 cm³/mol. The number of hydrogen-bond acceptors (Lipinski definition) is 2. The number of ketones is 1. The van der Waals surface area contributed by atoms with Crippen molar-refractivity contribution in [2.75, 3.05) is 0 Å². The maximum absolute atomic E-state index is 12.9. The average Bonchev–Trinajstić information content (AvgIpc) is 2.73. The number of aldehydes is 1. The fourth-order valence-electron chi connectivity index (χ4n) is 9.62. The fourth-order valence-corrected chi connectivity index (χ4v) is 9.62. The molecule has 2 heteroatoms. The van der Waals surface area contributed by atoms with Crippen LogP contribution in [-0.4, -0.2) is 12.1 Å². The lowest BCUT2D eigenvalue weighted by atomic mass is 9.35. The first-order valence-corrected chi connectivity index (χ1v) is 13.2. The van der Waals surface area contributed by atoms with Crippen molar-refractivity contribution >= 4 is 12.1 Å². The SMILES string of the molecule is CC1(C)C(=O)CC[C@]2(C)[C@H]3C=CC4=C5C[C@@](C)(C=O)CC[C@]5(C)CC[C@@]4(C)[C@]3(C)CC[C@@H]12. The van der Waals surface area contributed by atoms with E-state index in [4.69, 9.17) is 0 Å². The van der Waals surface area contributed by atoms with E-state index in [1.165, 1.54) is 25.5 Å². The molecule has 0 spiro atoms. The maximum atomic E-state index is 12.9. The Hall–Kier alpha value is -1.18. The Bertz CT molecular complexity index is 938. The van der Waals surface area contributed by atoms with E-state index in [1.807, 2.05) is 0 Å². The average molecular weight is 437 g/mol. The van der Waals surface area contributed by atoms with Gasteiger partial charge in [0.1, 0.15) is 12.1 Å². The molecule has 5 aliphatic carbocycles. The molecule has 0 aliphatic heterocycles. The normalized spacial score (nSPS) is 51.9. The molecule has 0 N–H and O–H groups in total. The van der Waals surface area contributed by atoms with Crippen LogP contribution >= 0.6 is 0 Å². The quantitative estimate of drug-likeness (QED) is 0.399. The highest BCUT2D eigenvalue weighted by molar-refractivity contribution is 5.85. The van der Waals surface area contributed by atoms with Crippen LogP contribution < -0.4 is 0 Å². The summed E-state index contributed by atoms with van der Waals surface area (Å²) in [6.45, 7) is 16.7. The number of fused-ring (bicyclic) bond motifs is 6. The van der Waals surface area contributed by atoms with E-state index in [0.29, 0.717) is 17.6 Å². The zero-order valence-electron chi connectivity index (χ0n) is 21.6. The van der Waals surface area contributed by atoms with E-state index in [2.05, 4.69) is 60.6 Å². The Morgan fingerprint density at radius 1 is 0.906 bits per heavy atom. The molecule has 0 aromatic carbocycles. The molecule has 0 saturated heterocycles. The molecular weight excluding hydrogens is 392 g/mol. The van der Waals surface area contributed by atoms with Gasteiger partial charge in [-0.15, -0.1) is 0 Å². The minimum atomic E-state index is -0.206. The third-order valence-electron chi connectivity index (χ3n) is 12.3. The van der Waals surface area contributed by atoms with Gasteiger partial charge in [0.2, 0.25) is 0 Å². The van der Waals surface area contributed by atoms with Crippen LogP contribution in [0.25, 0.3) is 0 Å². The largest absolute Gasteiger partial charge is 0.303 e. The Balaban J connectivity index is 1.66. The van der Waals surface area contributed by atoms with Crippen molar-refractivity contribution in [3.05, 3.63) is 23.3 Å². The van der Waals surface area contributed by atoms with E-state index in [-0.39, 0.29) is 32.5 Å². The summed E-state index contributed by atoms with van der Waals surface area (Å²) >= 11 is 0. The summed E-state index contributed by atoms with van der Waals surface area (Å²) in [5.41, 5.74) is 3.56. The number of Topliss-reactive ketones (excluding diaryl/α,β-unsaturated/α-hetero) is 1. The molecule has 3 saturated carbocycles. The minimum absolute atomic E-state index is 0.155.